The molecule has 0 bridgehead atoms. The van der Waals surface area contributed by atoms with E-state index in [-0.39, 0.29) is 5.78 Å². The fraction of sp³-hybridized carbons (Fsp3) is 0.556. The number of benzene rings is 1. The first-order valence-corrected chi connectivity index (χ1v) is 8.13. The number of alkyl carbamates (subject to hydrolysis) is 1. The SMILES string of the molecule is Cc1cccc(C2(NC(=O)OC(C)(C)C)CCCC(N=O)C2=O)c1. The second-order valence-electron chi connectivity index (χ2n) is 7.28. The van der Waals surface area contributed by atoms with E-state index in [0.29, 0.717) is 24.8 Å². The average Bonchev–Trinajstić information content (AvgIpc) is 2.47. The van der Waals surface area contributed by atoms with Gasteiger partial charge in [0.15, 0.2) is 11.8 Å². The molecule has 1 aromatic carbocycles. The molecular weight excluding hydrogens is 308 g/mol. The molecule has 24 heavy (non-hydrogen) atoms. The Morgan fingerprint density at radius 1 is 1.38 bits per heavy atom. The van der Waals surface area contributed by atoms with Crippen LogP contribution in [-0.2, 0) is 15.1 Å². The van der Waals surface area contributed by atoms with Crippen LogP contribution < -0.4 is 5.32 Å². The number of nitrogens with zero attached hydrogens (tertiary/aromatic N) is 1. The Bertz CT molecular complexity index is 651. The van der Waals surface area contributed by atoms with Crippen LogP contribution in [-0.4, -0.2) is 23.5 Å². The predicted octanol–water partition coefficient (Wildman–Crippen LogP) is 3.60. The molecule has 1 amide bonds. The van der Waals surface area contributed by atoms with Gasteiger partial charge in [0.1, 0.15) is 11.1 Å². The number of Topliss-reactive ketones (excluding diaryl/α,β-unsaturated/α-hetero) is 1. The zero-order valence-corrected chi connectivity index (χ0v) is 14.6. The number of rotatable bonds is 3. The molecule has 0 saturated heterocycles. The van der Waals surface area contributed by atoms with Crippen LogP contribution in [0.2, 0.25) is 0 Å². The molecule has 0 aromatic heterocycles. The lowest BCUT2D eigenvalue weighted by Gasteiger charge is -2.38. The van der Waals surface area contributed by atoms with Crippen molar-refractivity contribution in [3.05, 3.63) is 40.3 Å². The number of hydrogen-bond donors (Lipinski definition) is 1. The Morgan fingerprint density at radius 3 is 2.67 bits per heavy atom. The number of ether oxygens (including phenoxy) is 1. The standard InChI is InChI=1S/C18H24N2O4/c1-12-7-5-8-13(11-12)18(19-16(22)24-17(2,3)4)10-6-9-14(20-23)15(18)21/h5,7-8,11,14H,6,9-10H2,1-4H3,(H,19,22). The molecule has 2 atom stereocenters. The number of ketones is 1. The highest BCUT2D eigenvalue weighted by Gasteiger charge is 2.48. The van der Waals surface area contributed by atoms with E-state index in [2.05, 4.69) is 10.5 Å². The van der Waals surface area contributed by atoms with Crippen LogP contribution in [0.15, 0.2) is 29.4 Å². The van der Waals surface area contributed by atoms with Gasteiger partial charge in [-0.2, -0.15) is 4.91 Å². The summed E-state index contributed by atoms with van der Waals surface area (Å²) >= 11 is 0. The topological polar surface area (TPSA) is 84.8 Å². The lowest BCUT2D eigenvalue weighted by Crippen LogP contribution is -2.57. The molecule has 130 valence electrons. The second kappa shape index (κ2) is 6.71. The molecule has 1 saturated carbocycles. The Morgan fingerprint density at radius 2 is 2.08 bits per heavy atom. The third-order valence-electron chi connectivity index (χ3n) is 4.11. The van der Waals surface area contributed by atoms with E-state index in [0.717, 1.165) is 5.56 Å². The van der Waals surface area contributed by atoms with E-state index in [1.54, 1.807) is 26.8 Å². The molecule has 2 rings (SSSR count). The van der Waals surface area contributed by atoms with Gasteiger partial charge in [0.2, 0.25) is 0 Å². The zero-order chi connectivity index (χ0) is 18.0. The van der Waals surface area contributed by atoms with Gasteiger partial charge in [0.25, 0.3) is 0 Å². The number of nitroso groups, excluding NO2 is 1. The first-order chi connectivity index (χ1) is 11.2. The molecule has 6 heteroatoms. The lowest BCUT2D eigenvalue weighted by atomic mass is 9.73. The van der Waals surface area contributed by atoms with Crippen LogP contribution in [0.5, 0.6) is 0 Å². The first-order valence-electron chi connectivity index (χ1n) is 8.13. The van der Waals surface area contributed by atoms with Crippen molar-refractivity contribution in [3.63, 3.8) is 0 Å². The van der Waals surface area contributed by atoms with Crippen molar-refractivity contribution in [3.8, 4) is 0 Å². The molecule has 1 aromatic rings. The fourth-order valence-corrected chi connectivity index (χ4v) is 3.07. The summed E-state index contributed by atoms with van der Waals surface area (Å²) < 4.78 is 5.32. The predicted molar refractivity (Wildman–Crippen MR) is 90.7 cm³/mol. The zero-order valence-electron chi connectivity index (χ0n) is 14.6. The largest absolute Gasteiger partial charge is 0.444 e. The fourth-order valence-electron chi connectivity index (χ4n) is 3.07. The van der Waals surface area contributed by atoms with Crippen LogP contribution in [0.4, 0.5) is 4.79 Å². The van der Waals surface area contributed by atoms with Gasteiger partial charge in [-0.3, -0.25) is 4.79 Å². The van der Waals surface area contributed by atoms with Gasteiger partial charge in [-0.1, -0.05) is 35.0 Å². The summed E-state index contributed by atoms with van der Waals surface area (Å²) in [6.45, 7) is 7.17. The molecule has 1 aliphatic carbocycles. The average molecular weight is 332 g/mol. The van der Waals surface area contributed by atoms with Gasteiger partial charge in [-0.15, -0.1) is 0 Å². The van der Waals surface area contributed by atoms with Crippen molar-refractivity contribution in [1.82, 2.24) is 5.32 Å². The Hall–Kier alpha value is -2.24. The van der Waals surface area contributed by atoms with E-state index < -0.39 is 23.3 Å². The minimum atomic E-state index is -1.27. The molecule has 0 heterocycles. The maximum Gasteiger partial charge on any atom is 0.408 e. The Kier molecular flexibility index (Phi) is 5.06. The van der Waals surface area contributed by atoms with Crippen molar-refractivity contribution in [2.45, 2.75) is 64.1 Å². The van der Waals surface area contributed by atoms with Gasteiger partial charge in [0, 0.05) is 0 Å². The van der Waals surface area contributed by atoms with Gasteiger partial charge in [-0.25, -0.2) is 4.79 Å². The minimum absolute atomic E-state index is 0.375. The first kappa shape index (κ1) is 18.1. The molecule has 2 unspecified atom stereocenters. The summed E-state index contributed by atoms with van der Waals surface area (Å²) in [5.74, 6) is -0.375. The summed E-state index contributed by atoms with van der Waals surface area (Å²) in [5.41, 5.74) is -0.332. The normalized spacial score (nSPS) is 24.3. The lowest BCUT2D eigenvalue weighted by molar-refractivity contribution is -0.129. The second-order valence-corrected chi connectivity index (χ2v) is 7.28. The number of aryl methyl sites for hydroxylation is 1. The minimum Gasteiger partial charge on any atom is -0.444 e. The molecule has 1 aliphatic rings. The van der Waals surface area contributed by atoms with E-state index >= 15 is 0 Å². The number of amides is 1. The van der Waals surface area contributed by atoms with Crippen molar-refractivity contribution >= 4 is 11.9 Å². The van der Waals surface area contributed by atoms with Crippen LogP contribution in [0, 0.1) is 11.8 Å². The van der Waals surface area contributed by atoms with Crippen molar-refractivity contribution in [1.29, 1.82) is 0 Å². The van der Waals surface area contributed by atoms with Gasteiger partial charge in [0.05, 0.1) is 0 Å². The number of nitrogens with one attached hydrogen (secondary N) is 1. The van der Waals surface area contributed by atoms with E-state index in [1.165, 1.54) is 0 Å². The summed E-state index contributed by atoms with van der Waals surface area (Å²) in [6.07, 6.45) is 0.766. The number of carbonyl (C=O) groups excluding carboxylic acids is 2. The summed E-state index contributed by atoms with van der Waals surface area (Å²) in [4.78, 5) is 36.3. The van der Waals surface area contributed by atoms with E-state index in [4.69, 9.17) is 4.74 Å². The van der Waals surface area contributed by atoms with Crippen LogP contribution >= 0.6 is 0 Å². The Labute approximate surface area is 141 Å². The highest BCUT2D eigenvalue weighted by Crippen LogP contribution is 2.36. The maximum atomic E-state index is 12.9. The summed E-state index contributed by atoms with van der Waals surface area (Å²) in [6, 6.07) is 6.42. The van der Waals surface area contributed by atoms with Crippen LogP contribution in [0.3, 0.4) is 0 Å². The van der Waals surface area contributed by atoms with Gasteiger partial charge >= 0.3 is 6.09 Å². The highest BCUT2D eigenvalue weighted by atomic mass is 16.6. The quantitative estimate of drug-likeness (QED) is 0.857. The molecule has 0 radical (unpaired) electrons. The molecule has 0 aliphatic heterocycles. The van der Waals surface area contributed by atoms with Crippen molar-refractivity contribution in [2.24, 2.45) is 5.18 Å². The van der Waals surface area contributed by atoms with E-state index in [9.17, 15) is 14.5 Å². The van der Waals surface area contributed by atoms with Crippen LogP contribution in [0.25, 0.3) is 0 Å². The smallest absolute Gasteiger partial charge is 0.408 e. The molecule has 6 nitrogen and oxygen atoms in total. The molecule has 1 fully saturated rings. The summed E-state index contributed by atoms with van der Waals surface area (Å²) in [7, 11) is 0. The monoisotopic (exact) mass is 332 g/mol. The molecule has 0 spiro atoms. The third kappa shape index (κ3) is 3.80. The van der Waals surface area contributed by atoms with E-state index in [1.807, 2.05) is 25.1 Å². The van der Waals surface area contributed by atoms with Crippen molar-refractivity contribution in [2.75, 3.05) is 0 Å². The number of hydrogen-bond acceptors (Lipinski definition) is 5. The molecular formula is C18H24N2O4. The third-order valence-corrected chi connectivity index (χ3v) is 4.11. The Balaban J connectivity index is 2.43. The van der Waals surface area contributed by atoms with Gasteiger partial charge < -0.3 is 10.1 Å². The van der Waals surface area contributed by atoms with Crippen LogP contribution in [0.1, 0.15) is 51.2 Å². The molecule has 1 N–H and O–H groups in total. The van der Waals surface area contributed by atoms with Gasteiger partial charge in [-0.05, 0) is 52.5 Å². The number of carbonyl (C=O) groups is 2. The van der Waals surface area contributed by atoms with Crippen molar-refractivity contribution < 1.29 is 14.3 Å². The highest BCUT2D eigenvalue weighted by molar-refractivity contribution is 5.97. The summed E-state index contributed by atoms with van der Waals surface area (Å²) in [5, 5.41) is 5.70. The maximum absolute atomic E-state index is 12.9.